The van der Waals surface area contributed by atoms with Gasteiger partial charge in [0.1, 0.15) is 0 Å². The SMILES string of the molecule is C=Cn1c(F)c(C(=O)O)c(=O)c2ccccc21. The Morgan fingerprint density at radius 3 is 2.65 bits per heavy atom. The van der Waals surface area contributed by atoms with E-state index >= 15 is 0 Å². The molecule has 2 rings (SSSR count). The maximum Gasteiger partial charge on any atom is 0.344 e. The highest BCUT2D eigenvalue weighted by molar-refractivity contribution is 5.93. The van der Waals surface area contributed by atoms with Crippen molar-refractivity contribution >= 4 is 23.1 Å². The van der Waals surface area contributed by atoms with Crippen LogP contribution in [-0.2, 0) is 0 Å². The number of pyridine rings is 1. The van der Waals surface area contributed by atoms with Crippen molar-refractivity contribution in [1.82, 2.24) is 4.57 Å². The zero-order valence-electron chi connectivity index (χ0n) is 8.68. The Hall–Kier alpha value is -2.43. The molecular weight excluding hydrogens is 225 g/mol. The number of para-hydroxylation sites is 1. The van der Waals surface area contributed by atoms with Crippen LogP contribution < -0.4 is 5.43 Å². The highest BCUT2D eigenvalue weighted by atomic mass is 19.1. The summed E-state index contributed by atoms with van der Waals surface area (Å²) in [6.07, 6.45) is 1.13. The molecule has 2 aromatic rings. The van der Waals surface area contributed by atoms with Crippen molar-refractivity contribution in [1.29, 1.82) is 0 Å². The second-order valence-electron chi connectivity index (χ2n) is 3.37. The second-order valence-corrected chi connectivity index (χ2v) is 3.37. The van der Waals surface area contributed by atoms with Gasteiger partial charge in [-0.1, -0.05) is 18.7 Å². The number of benzene rings is 1. The van der Waals surface area contributed by atoms with Gasteiger partial charge in [0, 0.05) is 11.6 Å². The van der Waals surface area contributed by atoms with Gasteiger partial charge in [0.05, 0.1) is 5.52 Å². The van der Waals surface area contributed by atoms with Crippen molar-refractivity contribution in [3.63, 3.8) is 0 Å². The molecule has 0 aliphatic rings. The number of hydrogen-bond donors (Lipinski definition) is 1. The van der Waals surface area contributed by atoms with E-state index in [9.17, 15) is 14.0 Å². The van der Waals surface area contributed by atoms with Crippen LogP contribution in [0.4, 0.5) is 4.39 Å². The van der Waals surface area contributed by atoms with Crippen LogP contribution in [0.1, 0.15) is 10.4 Å². The van der Waals surface area contributed by atoms with Crippen LogP contribution in [0.25, 0.3) is 17.1 Å². The van der Waals surface area contributed by atoms with Crippen LogP contribution in [0.3, 0.4) is 0 Å². The van der Waals surface area contributed by atoms with Gasteiger partial charge in [0.25, 0.3) is 0 Å². The van der Waals surface area contributed by atoms with Crippen molar-refractivity contribution < 1.29 is 14.3 Å². The standard InChI is InChI=1S/C12H8FNO3/c1-2-14-8-6-4-3-5-7(8)10(15)9(11(14)13)12(16)17/h2-6H,1H2,(H,16,17). The summed E-state index contributed by atoms with van der Waals surface area (Å²) < 4.78 is 14.8. The third-order valence-electron chi connectivity index (χ3n) is 2.45. The van der Waals surface area contributed by atoms with Gasteiger partial charge in [-0.25, -0.2) is 4.79 Å². The lowest BCUT2D eigenvalue weighted by Crippen LogP contribution is -2.21. The molecule has 0 saturated heterocycles. The Bertz CT molecular complexity index is 688. The summed E-state index contributed by atoms with van der Waals surface area (Å²) in [6.45, 7) is 3.40. The fourth-order valence-corrected chi connectivity index (χ4v) is 1.69. The number of fused-ring (bicyclic) bond motifs is 1. The molecule has 1 aromatic heterocycles. The topological polar surface area (TPSA) is 59.3 Å². The summed E-state index contributed by atoms with van der Waals surface area (Å²) in [7, 11) is 0. The Morgan fingerprint density at radius 1 is 1.41 bits per heavy atom. The second kappa shape index (κ2) is 3.86. The highest BCUT2D eigenvalue weighted by Crippen LogP contribution is 2.15. The van der Waals surface area contributed by atoms with E-state index in [1.165, 1.54) is 12.1 Å². The van der Waals surface area contributed by atoms with E-state index in [0.29, 0.717) is 0 Å². The first-order chi connectivity index (χ1) is 8.07. The fraction of sp³-hybridized carbons (Fsp3) is 0. The van der Waals surface area contributed by atoms with E-state index < -0.39 is 22.9 Å². The lowest BCUT2D eigenvalue weighted by Gasteiger charge is -2.09. The van der Waals surface area contributed by atoms with Crippen molar-refractivity contribution in [2.45, 2.75) is 0 Å². The van der Waals surface area contributed by atoms with Gasteiger partial charge in [0.2, 0.25) is 11.4 Å². The Labute approximate surface area is 95.2 Å². The molecule has 5 heteroatoms. The monoisotopic (exact) mass is 233 g/mol. The molecular formula is C12H8FNO3. The fourth-order valence-electron chi connectivity index (χ4n) is 1.69. The third kappa shape index (κ3) is 1.52. The molecule has 1 N–H and O–H groups in total. The van der Waals surface area contributed by atoms with Crippen LogP contribution >= 0.6 is 0 Å². The number of nitrogens with zero attached hydrogens (tertiary/aromatic N) is 1. The Balaban J connectivity index is 3.10. The first-order valence-corrected chi connectivity index (χ1v) is 4.76. The predicted octanol–water partition coefficient (Wildman–Crippen LogP) is 1.94. The molecule has 1 aromatic carbocycles. The molecule has 0 amide bonds. The number of carboxylic acids is 1. The summed E-state index contributed by atoms with van der Waals surface area (Å²) in [5, 5.41) is 8.98. The first-order valence-electron chi connectivity index (χ1n) is 4.76. The molecule has 0 saturated carbocycles. The van der Waals surface area contributed by atoms with Gasteiger partial charge in [-0.05, 0) is 12.1 Å². The predicted molar refractivity (Wildman–Crippen MR) is 61.5 cm³/mol. The zero-order chi connectivity index (χ0) is 12.6. The van der Waals surface area contributed by atoms with Gasteiger partial charge in [-0.15, -0.1) is 0 Å². The van der Waals surface area contributed by atoms with Crippen molar-refractivity contribution in [2.24, 2.45) is 0 Å². The van der Waals surface area contributed by atoms with E-state index in [4.69, 9.17) is 5.11 Å². The molecule has 0 unspecified atom stereocenters. The average molecular weight is 233 g/mol. The van der Waals surface area contributed by atoms with Crippen LogP contribution in [0, 0.1) is 5.95 Å². The first kappa shape index (κ1) is 11.1. The molecule has 0 bridgehead atoms. The van der Waals surface area contributed by atoms with Crippen molar-refractivity contribution in [3.05, 3.63) is 52.6 Å². The molecule has 17 heavy (non-hydrogen) atoms. The summed E-state index contributed by atoms with van der Waals surface area (Å²) in [5.74, 6) is -2.70. The zero-order valence-corrected chi connectivity index (χ0v) is 8.68. The largest absolute Gasteiger partial charge is 0.477 e. The van der Waals surface area contributed by atoms with E-state index in [1.54, 1.807) is 12.1 Å². The minimum absolute atomic E-state index is 0.145. The molecule has 1 heterocycles. The highest BCUT2D eigenvalue weighted by Gasteiger charge is 2.20. The van der Waals surface area contributed by atoms with Gasteiger partial charge >= 0.3 is 5.97 Å². The van der Waals surface area contributed by atoms with Gasteiger partial charge < -0.3 is 5.11 Å². The molecule has 0 radical (unpaired) electrons. The summed E-state index contributed by atoms with van der Waals surface area (Å²) >= 11 is 0. The molecule has 0 aliphatic heterocycles. The van der Waals surface area contributed by atoms with Crippen molar-refractivity contribution in [2.75, 3.05) is 0 Å². The van der Waals surface area contributed by atoms with Crippen molar-refractivity contribution in [3.8, 4) is 0 Å². The maximum atomic E-state index is 13.8. The molecule has 0 atom stereocenters. The quantitative estimate of drug-likeness (QED) is 0.806. The molecule has 0 spiro atoms. The molecule has 4 nitrogen and oxygen atoms in total. The van der Waals surface area contributed by atoms with Gasteiger partial charge in [-0.2, -0.15) is 4.39 Å². The number of rotatable bonds is 2. The molecule has 86 valence electrons. The number of halogens is 1. The maximum absolute atomic E-state index is 13.8. The Morgan fingerprint density at radius 2 is 2.06 bits per heavy atom. The minimum atomic E-state index is -1.59. The normalized spacial score (nSPS) is 10.4. The van der Waals surface area contributed by atoms with Crippen LogP contribution in [-0.4, -0.2) is 15.6 Å². The number of aromatic nitrogens is 1. The van der Waals surface area contributed by atoms with E-state index in [0.717, 1.165) is 10.8 Å². The summed E-state index contributed by atoms with van der Waals surface area (Å²) in [4.78, 5) is 22.7. The average Bonchev–Trinajstić information content (AvgIpc) is 2.29. The van der Waals surface area contributed by atoms with E-state index in [1.807, 2.05) is 0 Å². The van der Waals surface area contributed by atoms with Crippen LogP contribution in [0.5, 0.6) is 0 Å². The minimum Gasteiger partial charge on any atom is -0.477 e. The Kier molecular flexibility index (Phi) is 2.51. The molecule has 0 fully saturated rings. The third-order valence-corrected chi connectivity index (χ3v) is 2.45. The summed E-state index contributed by atoms with van der Waals surface area (Å²) in [6, 6.07) is 6.18. The lowest BCUT2D eigenvalue weighted by atomic mass is 10.1. The smallest absolute Gasteiger partial charge is 0.344 e. The van der Waals surface area contributed by atoms with Crippen LogP contribution in [0.15, 0.2) is 35.6 Å². The number of carbonyl (C=O) groups is 1. The lowest BCUT2D eigenvalue weighted by molar-refractivity contribution is 0.0689. The van der Waals surface area contributed by atoms with E-state index in [-0.39, 0.29) is 10.9 Å². The van der Waals surface area contributed by atoms with Gasteiger partial charge in [-0.3, -0.25) is 9.36 Å². The molecule has 0 aliphatic carbocycles. The number of aromatic carboxylic acids is 1. The summed E-state index contributed by atoms with van der Waals surface area (Å²) in [5.41, 5.74) is -1.41. The van der Waals surface area contributed by atoms with Gasteiger partial charge in [0.15, 0.2) is 5.56 Å². The number of carboxylic acid groups (broad SMARTS) is 1. The van der Waals surface area contributed by atoms with Crippen LogP contribution in [0.2, 0.25) is 0 Å². The van der Waals surface area contributed by atoms with E-state index in [2.05, 4.69) is 6.58 Å². The number of hydrogen-bond acceptors (Lipinski definition) is 2.